The van der Waals surface area contributed by atoms with E-state index in [1.165, 1.54) is 17.7 Å². The monoisotopic (exact) mass is 437 g/mol. The number of hydrazone groups is 1. The van der Waals surface area contributed by atoms with E-state index in [4.69, 9.17) is 17.3 Å². The van der Waals surface area contributed by atoms with Crippen LogP contribution in [-0.2, 0) is 13.5 Å². The molecule has 0 amide bonds. The molecular formula is C22H23N5O3S. The van der Waals surface area contributed by atoms with Gasteiger partial charge in [-0.15, -0.1) is 0 Å². The molecular weight excluding hydrogens is 414 g/mol. The van der Waals surface area contributed by atoms with Crippen LogP contribution in [0.2, 0.25) is 0 Å². The van der Waals surface area contributed by atoms with Crippen molar-refractivity contribution in [3.05, 3.63) is 65.4 Å². The third-order valence-electron chi connectivity index (χ3n) is 4.72. The van der Waals surface area contributed by atoms with Crippen molar-refractivity contribution in [3.63, 3.8) is 0 Å². The van der Waals surface area contributed by atoms with Crippen LogP contribution in [0, 0.1) is 0 Å². The van der Waals surface area contributed by atoms with Crippen LogP contribution in [-0.4, -0.2) is 36.8 Å². The summed E-state index contributed by atoms with van der Waals surface area (Å²) in [4.78, 5) is 10.9. The van der Waals surface area contributed by atoms with Crippen LogP contribution in [0.5, 0.6) is 5.75 Å². The number of rotatable bonds is 6. The van der Waals surface area contributed by atoms with Crippen molar-refractivity contribution in [1.29, 1.82) is 0 Å². The molecule has 0 spiro atoms. The van der Waals surface area contributed by atoms with Gasteiger partial charge >= 0.3 is 5.97 Å². The molecule has 4 N–H and O–H groups in total. The first kappa shape index (κ1) is 22.0. The Labute approximate surface area is 185 Å². The van der Waals surface area contributed by atoms with E-state index in [1.807, 2.05) is 24.3 Å². The summed E-state index contributed by atoms with van der Waals surface area (Å²) in [7, 11) is 1.76. The molecule has 3 rings (SSSR count). The number of benzene rings is 2. The zero-order valence-electron chi connectivity index (χ0n) is 17.4. The van der Waals surface area contributed by atoms with Crippen molar-refractivity contribution in [1.82, 2.24) is 15.2 Å². The molecule has 160 valence electrons. The van der Waals surface area contributed by atoms with Crippen molar-refractivity contribution >= 4 is 34.7 Å². The SMILES string of the molecule is CCc1ccc(-c2c(O)c(/C(C)=N/NC(=S)Nc3ccc(C(=O)O)cc3)nn2C)cc1. The summed E-state index contributed by atoms with van der Waals surface area (Å²) in [6.07, 6.45) is 0.942. The van der Waals surface area contributed by atoms with E-state index in [9.17, 15) is 9.90 Å². The van der Waals surface area contributed by atoms with E-state index in [0.29, 0.717) is 22.8 Å². The zero-order valence-corrected chi connectivity index (χ0v) is 18.2. The highest BCUT2D eigenvalue weighted by atomic mass is 32.1. The highest BCUT2D eigenvalue weighted by molar-refractivity contribution is 7.80. The molecule has 0 radical (unpaired) electrons. The molecule has 1 heterocycles. The number of aromatic nitrogens is 2. The van der Waals surface area contributed by atoms with E-state index >= 15 is 0 Å². The molecule has 1 aromatic heterocycles. The van der Waals surface area contributed by atoms with Crippen LogP contribution in [0.3, 0.4) is 0 Å². The lowest BCUT2D eigenvalue weighted by Gasteiger charge is -2.08. The summed E-state index contributed by atoms with van der Waals surface area (Å²) in [5, 5.41) is 31.4. The summed E-state index contributed by atoms with van der Waals surface area (Å²) in [5.74, 6) is -0.957. The average molecular weight is 438 g/mol. The Morgan fingerprint density at radius 2 is 1.81 bits per heavy atom. The molecule has 0 unspecified atom stereocenters. The summed E-state index contributed by atoms with van der Waals surface area (Å²) >= 11 is 5.22. The topological polar surface area (TPSA) is 112 Å². The highest BCUT2D eigenvalue weighted by Crippen LogP contribution is 2.32. The largest absolute Gasteiger partial charge is 0.504 e. The predicted octanol–water partition coefficient (Wildman–Crippen LogP) is 3.76. The van der Waals surface area contributed by atoms with Crippen molar-refractivity contribution in [2.75, 3.05) is 5.32 Å². The lowest BCUT2D eigenvalue weighted by molar-refractivity contribution is 0.0697. The number of hydrogen-bond acceptors (Lipinski definition) is 5. The maximum absolute atomic E-state index is 10.9. The van der Waals surface area contributed by atoms with Crippen LogP contribution >= 0.6 is 12.2 Å². The highest BCUT2D eigenvalue weighted by Gasteiger charge is 2.19. The van der Waals surface area contributed by atoms with E-state index in [-0.39, 0.29) is 16.4 Å². The normalized spacial score (nSPS) is 11.3. The Morgan fingerprint density at radius 1 is 1.16 bits per heavy atom. The fourth-order valence-corrected chi connectivity index (χ4v) is 3.18. The molecule has 0 atom stereocenters. The van der Waals surface area contributed by atoms with Gasteiger partial charge in [0.25, 0.3) is 0 Å². The first-order valence-corrected chi connectivity index (χ1v) is 10.0. The van der Waals surface area contributed by atoms with Crippen molar-refractivity contribution in [2.45, 2.75) is 20.3 Å². The zero-order chi connectivity index (χ0) is 22.5. The minimum Gasteiger partial charge on any atom is -0.504 e. The molecule has 0 aliphatic carbocycles. The standard InChI is InChI=1S/C22H23N5O3S/c1-4-14-5-7-15(8-6-14)19-20(28)18(26-27(19)3)13(2)24-25-22(31)23-17-11-9-16(10-12-17)21(29)30/h5-12,28H,4H2,1-3H3,(H,29,30)(H2,23,25,31)/b24-13+. The first-order valence-electron chi connectivity index (χ1n) is 9.60. The second-order valence-electron chi connectivity index (χ2n) is 6.87. The first-order chi connectivity index (χ1) is 14.8. The average Bonchev–Trinajstić information content (AvgIpc) is 3.06. The van der Waals surface area contributed by atoms with Crippen molar-refractivity contribution in [2.24, 2.45) is 12.1 Å². The Balaban J connectivity index is 1.72. The van der Waals surface area contributed by atoms with Crippen LogP contribution in [0.4, 0.5) is 5.69 Å². The van der Waals surface area contributed by atoms with E-state index in [2.05, 4.69) is 27.9 Å². The lowest BCUT2D eigenvalue weighted by Crippen LogP contribution is -2.25. The Morgan fingerprint density at radius 3 is 2.39 bits per heavy atom. The maximum atomic E-state index is 10.9. The molecule has 0 aliphatic rings. The van der Waals surface area contributed by atoms with Gasteiger partial charge in [-0.2, -0.15) is 10.2 Å². The number of thiocarbonyl (C=S) groups is 1. The van der Waals surface area contributed by atoms with Gasteiger partial charge in [0.15, 0.2) is 16.6 Å². The fourth-order valence-electron chi connectivity index (χ4n) is 3.02. The number of aromatic carboxylic acids is 1. The van der Waals surface area contributed by atoms with Crippen LogP contribution in [0.15, 0.2) is 53.6 Å². The number of carboxylic acids is 1. The summed E-state index contributed by atoms with van der Waals surface area (Å²) < 4.78 is 1.62. The second-order valence-corrected chi connectivity index (χ2v) is 7.27. The molecule has 0 fully saturated rings. The Hall–Kier alpha value is -3.72. The third kappa shape index (κ3) is 5.07. The fraction of sp³-hybridized carbons (Fsp3) is 0.182. The molecule has 3 aromatic rings. The molecule has 0 aliphatic heterocycles. The molecule has 2 aromatic carbocycles. The van der Waals surface area contributed by atoms with Gasteiger partial charge in [-0.3, -0.25) is 10.1 Å². The Kier molecular flexibility index (Phi) is 6.66. The van der Waals surface area contributed by atoms with Gasteiger partial charge in [-0.1, -0.05) is 31.2 Å². The molecule has 31 heavy (non-hydrogen) atoms. The predicted molar refractivity (Wildman–Crippen MR) is 125 cm³/mol. The van der Waals surface area contributed by atoms with Gasteiger partial charge < -0.3 is 15.5 Å². The Bertz CT molecular complexity index is 1140. The molecule has 8 nitrogen and oxygen atoms in total. The number of nitrogens with zero attached hydrogens (tertiary/aromatic N) is 3. The molecule has 0 saturated heterocycles. The van der Waals surface area contributed by atoms with Crippen LogP contribution in [0.25, 0.3) is 11.3 Å². The number of carboxylic acid groups (broad SMARTS) is 1. The summed E-state index contributed by atoms with van der Waals surface area (Å²) in [6.45, 7) is 3.80. The van der Waals surface area contributed by atoms with Crippen molar-refractivity contribution in [3.8, 4) is 17.0 Å². The van der Waals surface area contributed by atoms with Gasteiger partial charge in [-0.25, -0.2) is 4.79 Å². The minimum absolute atomic E-state index is 0.0398. The van der Waals surface area contributed by atoms with E-state index in [1.54, 1.807) is 30.8 Å². The second kappa shape index (κ2) is 9.40. The van der Waals surface area contributed by atoms with Gasteiger partial charge in [0.05, 0.1) is 11.3 Å². The quantitative estimate of drug-likeness (QED) is 0.264. The van der Waals surface area contributed by atoms with E-state index < -0.39 is 5.97 Å². The smallest absolute Gasteiger partial charge is 0.335 e. The molecule has 0 saturated carbocycles. The van der Waals surface area contributed by atoms with Crippen molar-refractivity contribution < 1.29 is 15.0 Å². The lowest BCUT2D eigenvalue weighted by atomic mass is 10.1. The van der Waals surface area contributed by atoms with Crippen LogP contribution < -0.4 is 10.7 Å². The number of aromatic hydroxyl groups is 1. The number of anilines is 1. The van der Waals surface area contributed by atoms with E-state index in [0.717, 1.165) is 12.0 Å². The summed E-state index contributed by atoms with van der Waals surface area (Å²) in [6, 6.07) is 14.1. The number of nitrogens with one attached hydrogen (secondary N) is 2. The van der Waals surface area contributed by atoms with Crippen LogP contribution in [0.1, 0.15) is 35.5 Å². The summed E-state index contributed by atoms with van der Waals surface area (Å²) in [5.41, 5.74) is 6.99. The van der Waals surface area contributed by atoms with Gasteiger partial charge in [-0.05, 0) is 55.4 Å². The number of hydrogen-bond donors (Lipinski definition) is 4. The van der Waals surface area contributed by atoms with Gasteiger partial charge in [0.1, 0.15) is 5.69 Å². The van der Waals surface area contributed by atoms with Gasteiger partial charge in [0.2, 0.25) is 0 Å². The molecule has 9 heteroatoms. The minimum atomic E-state index is -0.997. The number of carbonyl (C=O) groups is 1. The van der Waals surface area contributed by atoms with Gasteiger partial charge in [0, 0.05) is 18.3 Å². The maximum Gasteiger partial charge on any atom is 0.335 e. The number of aryl methyl sites for hydroxylation is 2. The molecule has 0 bridgehead atoms. The third-order valence-corrected chi connectivity index (χ3v) is 4.91.